The maximum absolute atomic E-state index is 11.3. The normalized spacial score (nSPS) is 12.4. The van der Waals surface area contributed by atoms with Crippen molar-refractivity contribution in [3.05, 3.63) is 40.4 Å². The molecule has 4 nitrogen and oxygen atoms in total. The second-order valence-corrected chi connectivity index (χ2v) is 4.19. The number of ether oxygens (including phenoxy) is 1. The van der Waals surface area contributed by atoms with Gasteiger partial charge in [-0.05, 0) is 24.6 Å². The van der Waals surface area contributed by atoms with E-state index in [1.54, 1.807) is 6.08 Å². The number of esters is 1. The van der Waals surface area contributed by atoms with Crippen molar-refractivity contribution >= 4 is 33.9 Å². The van der Waals surface area contributed by atoms with Crippen LogP contribution < -0.4 is 5.73 Å². The number of nitrogens with two attached hydrogens (primary N) is 1. The molecule has 1 rings (SSSR count). The van der Waals surface area contributed by atoms with Gasteiger partial charge in [-0.3, -0.25) is 4.79 Å². The Labute approximate surface area is 108 Å². The highest BCUT2D eigenvalue weighted by Gasteiger charge is 2.11. The van der Waals surface area contributed by atoms with Crippen LogP contribution >= 0.6 is 15.9 Å². The molecule has 0 saturated heterocycles. The SMILES string of the molecule is C[C@@H](OC(=O)/C=C/c1ccccc1Br)C(N)=O. The van der Waals surface area contributed by atoms with Crippen molar-refractivity contribution in [2.24, 2.45) is 5.73 Å². The molecular formula is C12H12BrNO3. The maximum Gasteiger partial charge on any atom is 0.331 e. The van der Waals surface area contributed by atoms with Crippen LogP contribution in [0.3, 0.4) is 0 Å². The van der Waals surface area contributed by atoms with Crippen LogP contribution in [-0.4, -0.2) is 18.0 Å². The molecule has 0 heterocycles. The van der Waals surface area contributed by atoms with Gasteiger partial charge < -0.3 is 10.5 Å². The summed E-state index contributed by atoms with van der Waals surface area (Å²) in [5.74, 6) is -1.28. The monoisotopic (exact) mass is 297 g/mol. The van der Waals surface area contributed by atoms with E-state index in [-0.39, 0.29) is 0 Å². The minimum Gasteiger partial charge on any atom is -0.449 e. The molecule has 1 amide bonds. The molecule has 0 aliphatic rings. The van der Waals surface area contributed by atoms with Crippen molar-refractivity contribution in [1.82, 2.24) is 0 Å². The molecule has 1 atom stereocenters. The number of carbonyl (C=O) groups excluding carboxylic acids is 2. The first-order chi connectivity index (χ1) is 8.00. The summed E-state index contributed by atoms with van der Waals surface area (Å²) >= 11 is 3.34. The fourth-order valence-corrected chi connectivity index (χ4v) is 1.46. The first-order valence-corrected chi connectivity index (χ1v) is 5.72. The van der Waals surface area contributed by atoms with Gasteiger partial charge in [0.1, 0.15) is 0 Å². The molecule has 1 aromatic carbocycles. The molecule has 0 bridgehead atoms. The molecule has 1 aromatic rings. The van der Waals surface area contributed by atoms with E-state index in [1.807, 2.05) is 24.3 Å². The maximum atomic E-state index is 11.3. The average molecular weight is 298 g/mol. The van der Waals surface area contributed by atoms with Crippen LogP contribution in [0.4, 0.5) is 0 Å². The summed E-state index contributed by atoms with van der Waals surface area (Å²) in [5, 5.41) is 0. The van der Waals surface area contributed by atoms with Crippen LogP contribution in [0.25, 0.3) is 6.08 Å². The number of halogens is 1. The molecule has 0 aliphatic heterocycles. The summed E-state index contributed by atoms with van der Waals surface area (Å²) < 4.78 is 5.63. The van der Waals surface area contributed by atoms with E-state index < -0.39 is 18.0 Å². The van der Waals surface area contributed by atoms with Gasteiger partial charge in [0, 0.05) is 10.5 Å². The zero-order valence-corrected chi connectivity index (χ0v) is 10.8. The fourth-order valence-electron chi connectivity index (χ4n) is 1.04. The van der Waals surface area contributed by atoms with Crippen molar-refractivity contribution in [1.29, 1.82) is 0 Å². The van der Waals surface area contributed by atoms with Gasteiger partial charge in [0.05, 0.1) is 0 Å². The van der Waals surface area contributed by atoms with E-state index in [2.05, 4.69) is 15.9 Å². The third kappa shape index (κ3) is 4.40. The highest BCUT2D eigenvalue weighted by atomic mass is 79.9. The summed E-state index contributed by atoms with van der Waals surface area (Å²) in [7, 11) is 0. The highest BCUT2D eigenvalue weighted by molar-refractivity contribution is 9.10. The van der Waals surface area contributed by atoms with Crippen molar-refractivity contribution in [3.8, 4) is 0 Å². The fraction of sp³-hybridized carbons (Fsp3) is 0.167. The number of primary amides is 1. The van der Waals surface area contributed by atoms with Gasteiger partial charge in [0.2, 0.25) is 0 Å². The van der Waals surface area contributed by atoms with Crippen LogP contribution in [0.15, 0.2) is 34.8 Å². The predicted octanol–water partition coefficient (Wildman–Crippen LogP) is 1.88. The van der Waals surface area contributed by atoms with Gasteiger partial charge in [0.25, 0.3) is 5.91 Å². The molecule has 5 heteroatoms. The molecular weight excluding hydrogens is 286 g/mol. The lowest BCUT2D eigenvalue weighted by molar-refractivity contribution is -0.148. The number of rotatable bonds is 4. The lowest BCUT2D eigenvalue weighted by atomic mass is 10.2. The van der Waals surface area contributed by atoms with Crippen LogP contribution in [-0.2, 0) is 14.3 Å². The zero-order chi connectivity index (χ0) is 12.8. The summed E-state index contributed by atoms with van der Waals surface area (Å²) in [6.45, 7) is 1.42. The first-order valence-electron chi connectivity index (χ1n) is 4.93. The van der Waals surface area contributed by atoms with Gasteiger partial charge >= 0.3 is 5.97 Å². The Kier molecular flexibility index (Phi) is 4.90. The Morgan fingerprint density at radius 1 is 1.41 bits per heavy atom. The van der Waals surface area contributed by atoms with Gasteiger partial charge in [-0.2, -0.15) is 0 Å². The Bertz CT molecular complexity index is 457. The Balaban J connectivity index is 2.63. The standard InChI is InChI=1S/C12H12BrNO3/c1-8(12(14)16)17-11(15)7-6-9-4-2-3-5-10(9)13/h2-8H,1H3,(H2,14,16)/b7-6+/t8-/m1/s1. The molecule has 2 N–H and O–H groups in total. The van der Waals surface area contributed by atoms with Crippen LogP contribution in [0.5, 0.6) is 0 Å². The minimum atomic E-state index is -0.925. The Morgan fingerprint density at radius 3 is 2.65 bits per heavy atom. The second-order valence-electron chi connectivity index (χ2n) is 3.34. The van der Waals surface area contributed by atoms with Gasteiger partial charge in [0.15, 0.2) is 6.10 Å². The molecule has 0 spiro atoms. The van der Waals surface area contributed by atoms with Crippen molar-refractivity contribution < 1.29 is 14.3 Å². The van der Waals surface area contributed by atoms with E-state index in [9.17, 15) is 9.59 Å². The molecule has 0 saturated carbocycles. The van der Waals surface area contributed by atoms with Crippen LogP contribution in [0.1, 0.15) is 12.5 Å². The van der Waals surface area contributed by atoms with E-state index in [0.717, 1.165) is 10.0 Å². The van der Waals surface area contributed by atoms with Gasteiger partial charge in [-0.1, -0.05) is 34.1 Å². The summed E-state index contributed by atoms with van der Waals surface area (Å²) in [5.41, 5.74) is 5.81. The smallest absolute Gasteiger partial charge is 0.331 e. The molecule has 0 aliphatic carbocycles. The lowest BCUT2D eigenvalue weighted by Crippen LogP contribution is -2.29. The quantitative estimate of drug-likeness (QED) is 0.681. The number of carbonyl (C=O) groups is 2. The van der Waals surface area contributed by atoms with Crippen molar-refractivity contribution in [2.75, 3.05) is 0 Å². The topological polar surface area (TPSA) is 69.4 Å². The molecule has 17 heavy (non-hydrogen) atoms. The van der Waals surface area contributed by atoms with Crippen LogP contribution in [0, 0.1) is 0 Å². The summed E-state index contributed by atoms with van der Waals surface area (Å²) in [4.78, 5) is 22.0. The van der Waals surface area contributed by atoms with Crippen molar-refractivity contribution in [3.63, 3.8) is 0 Å². The number of hydrogen-bond donors (Lipinski definition) is 1. The summed E-state index contributed by atoms with van der Waals surface area (Å²) in [6, 6.07) is 7.42. The van der Waals surface area contributed by atoms with E-state index in [1.165, 1.54) is 13.0 Å². The van der Waals surface area contributed by atoms with Gasteiger partial charge in [-0.25, -0.2) is 4.79 Å². The largest absolute Gasteiger partial charge is 0.449 e. The number of benzene rings is 1. The van der Waals surface area contributed by atoms with Crippen molar-refractivity contribution in [2.45, 2.75) is 13.0 Å². The van der Waals surface area contributed by atoms with E-state index in [4.69, 9.17) is 10.5 Å². The Hall–Kier alpha value is -1.62. The average Bonchev–Trinajstić information content (AvgIpc) is 2.27. The van der Waals surface area contributed by atoms with Crippen LogP contribution in [0.2, 0.25) is 0 Å². The third-order valence-corrected chi connectivity index (χ3v) is 2.72. The third-order valence-electron chi connectivity index (χ3n) is 2.00. The van der Waals surface area contributed by atoms with Gasteiger partial charge in [-0.15, -0.1) is 0 Å². The molecule has 0 radical (unpaired) electrons. The molecule has 0 unspecified atom stereocenters. The number of hydrogen-bond acceptors (Lipinski definition) is 3. The molecule has 0 aromatic heterocycles. The molecule has 0 fully saturated rings. The first kappa shape index (κ1) is 13.4. The predicted molar refractivity (Wildman–Crippen MR) is 67.9 cm³/mol. The Morgan fingerprint density at radius 2 is 2.06 bits per heavy atom. The second kappa shape index (κ2) is 6.20. The van der Waals surface area contributed by atoms with E-state index in [0.29, 0.717) is 0 Å². The van der Waals surface area contributed by atoms with E-state index >= 15 is 0 Å². The number of amides is 1. The zero-order valence-electron chi connectivity index (χ0n) is 9.22. The molecule has 90 valence electrons. The summed E-state index contributed by atoms with van der Waals surface area (Å²) in [6.07, 6.45) is 1.92. The minimum absolute atomic E-state index is 0.605. The lowest BCUT2D eigenvalue weighted by Gasteiger charge is -2.06. The highest BCUT2D eigenvalue weighted by Crippen LogP contribution is 2.17.